The number of amidine groups is 1. The lowest BCUT2D eigenvalue weighted by molar-refractivity contribution is -0.131. The van der Waals surface area contributed by atoms with Crippen LogP contribution in [0, 0.1) is 32.6 Å². The third-order valence-corrected chi connectivity index (χ3v) is 10.1. The maximum atomic E-state index is 13.5. The zero-order valence-corrected chi connectivity index (χ0v) is 22.7. The SMILES string of the molecule is Cc1cc(-c2ccc3sc(C)c(C)c3c2)ccc1C1=NC2(CC2)C(=O)N1C[C@@H]1CCN(C(=O)C2CC2)C1. The van der Waals surface area contributed by atoms with Gasteiger partial charge in [0, 0.05) is 40.7 Å². The summed E-state index contributed by atoms with van der Waals surface area (Å²) in [4.78, 5) is 36.4. The van der Waals surface area contributed by atoms with E-state index < -0.39 is 5.54 Å². The lowest BCUT2D eigenvalue weighted by Gasteiger charge is -2.24. The van der Waals surface area contributed by atoms with E-state index in [1.165, 1.54) is 31.7 Å². The van der Waals surface area contributed by atoms with Gasteiger partial charge in [0.05, 0.1) is 0 Å². The number of aryl methyl sites for hydroxylation is 3. The Morgan fingerprint density at radius 2 is 1.81 bits per heavy atom. The van der Waals surface area contributed by atoms with E-state index in [-0.39, 0.29) is 11.8 Å². The van der Waals surface area contributed by atoms with Crippen molar-refractivity contribution >= 4 is 39.1 Å². The molecule has 1 aromatic heterocycles. The number of thiophene rings is 1. The number of hydrogen-bond acceptors (Lipinski definition) is 4. The Bertz CT molecular complexity index is 1490. The van der Waals surface area contributed by atoms with E-state index in [0.717, 1.165) is 62.2 Å². The van der Waals surface area contributed by atoms with Crippen LogP contribution in [0.5, 0.6) is 0 Å². The summed E-state index contributed by atoms with van der Waals surface area (Å²) in [6.45, 7) is 8.76. The first-order chi connectivity index (χ1) is 17.8. The van der Waals surface area contributed by atoms with Crippen molar-refractivity contribution in [2.75, 3.05) is 19.6 Å². The Morgan fingerprint density at radius 1 is 1.05 bits per heavy atom. The van der Waals surface area contributed by atoms with Gasteiger partial charge in [0.15, 0.2) is 0 Å². The molecule has 6 heteroatoms. The minimum atomic E-state index is -0.526. The van der Waals surface area contributed by atoms with Gasteiger partial charge in [-0.1, -0.05) is 24.3 Å². The molecule has 2 aromatic carbocycles. The summed E-state index contributed by atoms with van der Waals surface area (Å²) in [6, 6.07) is 13.3. The average molecular weight is 512 g/mol. The van der Waals surface area contributed by atoms with Crippen LogP contribution in [0.25, 0.3) is 21.2 Å². The highest BCUT2D eigenvalue weighted by Gasteiger charge is 2.57. The van der Waals surface area contributed by atoms with Crippen LogP contribution < -0.4 is 0 Å². The molecule has 2 aliphatic carbocycles. The number of nitrogens with zero attached hydrogens (tertiary/aromatic N) is 3. The lowest BCUT2D eigenvalue weighted by Crippen LogP contribution is -2.41. The highest BCUT2D eigenvalue weighted by atomic mass is 32.1. The number of likely N-dealkylation sites (tertiary alicyclic amines) is 1. The second-order valence-corrected chi connectivity index (χ2v) is 12.9. The van der Waals surface area contributed by atoms with Gasteiger partial charge in [0.25, 0.3) is 5.91 Å². The number of rotatable bonds is 5. The Hall–Kier alpha value is -2.99. The van der Waals surface area contributed by atoms with Crippen LogP contribution in [0.1, 0.15) is 53.7 Å². The highest BCUT2D eigenvalue weighted by molar-refractivity contribution is 7.19. The first kappa shape index (κ1) is 23.2. The molecule has 2 saturated carbocycles. The van der Waals surface area contributed by atoms with Crippen LogP contribution in [0.2, 0.25) is 0 Å². The van der Waals surface area contributed by atoms with E-state index in [2.05, 4.69) is 57.2 Å². The first-order valence-electron chi connectivity index (χ1n) is 13.6. The van der Waals surface area contributed by atoms with Crippen molar-refractivity contribution in [2.24, 2.45) is 16.8 Å². The Labute approximate surface area is 222 Å². The molecule has 5 nitrogen and oxygen atoms in total. The van der Waals surface area contributed by atoms with Crippen LogP contribution in [0.15, 0.2) is 41.4 Å². The van der Waals surface area contributed by atoms with Crippen LogP contribution in [-0.2, 0) is 9.59 Å². The summed E-state index contributed by atoms with van der Waals surface area (Å²) >= 11 is 1.86. The Morgan fingerprint density at radius 3 is 2.54 bits per heavy atom. The van der Waals surface area contributed by atoms with Gasteiger partial charge < -0.3 is 4.90 Å². The third-order valence-electron chi connectivity index (χ3n) is 8.88. The van der Waals surface area contributed by atoms with E-state index in [1.807, 2.05) is 21.1 Å². The molecule has 2 amide bonds. The van der Waals surface area contributed by atoms with Crippen molar-refractivity contribution in [3.63, 3.8) is 0 Å². The number of amides is 2. The number of aliphatic imine (C=N–C) groups is 1. The molecule has 1 saturated heterocycles. The number of carbonyl (C=O) groups excluding carboxylic acids is 2. The molecule has 7 rings (SSSR count). The predicted octanol–water partition coefficient (Wildman–Crippen LogP) is 5.87. The summed E-state index contributed by atoms with van der Waals surface area (Å²) in [7, 11) is 0. The molecular weight excluding hydrogens is 478 g/mol. The molecule has 0 radical (unpaired) electrons. The van der Waals surface area contributed by atoms with Crippen LogP contribution >= 0.6 is 11.3 Å². The van der Waals surface area contributed by atoms with Gasteiger partial charge in [-0.2, -0.15) is 0 Å². The van der Waals surface area contributed by atoms with Gasteiger partial charge in [0.1, 0.15) is 11.4 Å². The van der Waals surface area contributed by atoms with E-state index in [9.17, 15) is 9.59 Å². The lowest BCUT2D eigenvalue weighted by atomic mass is 9.97. The maximum Gasteiger partial charge on any atom is 0.256 e. The molecular formula is C31H33N3O2S. The fraction of sp³-hybridized carbons (Fsp3) is 0.452. The summed E-state index contributed by atoms with van der Waals surface area (Å²) in [6.07, 6.45) is 4.74. The normalized spacial score (nSPS) is 22.4. The van der Waals surface area contributed by atoms with Gasteiger partial charge >= 0.3 is 0 Å². The second-order valence-electron chi connectivity index (χ2n) is 11.6. The van der Waals surface area contributed by atoms with Crippen molar-refractivity contribution in [3.8, 4) is 11.1 Å². The topological polar surface area (TPSA) is 53.0 Å². The largest absolute Gasteiger partial charge is 0.342 e. The molecule has 1 spiro atoms. The van der Waals surface area contributed by atoms with Crippen molar-refractivity contribution in [2.45, 2.75) is 58.4 Å². The number of carbonyl (C=O) groups is 2. The summed E-state index contributed by atoms with van der Waals surface area (Å²) in [5.74, 6) is 1.88. The number of hydrogen-bond donors (Lipinski definition) is 0. The van der Waals surface area contributed by atoms with Crippen molar-refractivity contribution < 1.29 is 9.59 Å². The standard InChI is InChI=1S/C31H33N3O2S/c1-18-14-23(24-7-9-27-26(15-24)19(2)20(3)37-27)6-8-25(18)28-32-31(11-12-31)30(36)34(28)17-21-10-13-33(16-21)29(35)22-4-5-22/h6-9,14-15,21-22H,4-5,10-13,16-17H2,1-3H3/t21-/m1/s1. The molecule has 3 fully saturated rings. The minimum Gasteiger partial charge on any atom is -0.342 e. The predicted molar refractivity (Wildman–Crippen MR) is 149 cm³/mol. The van der Waals surface area contributed by atoms with Crippen molar-refractivity contribution in [1.29, 1.82) is 0 Å². The van der Waals surface area contributed by atoms with Gasteiger partial charge in [-0.15, -0.1) is 11.3 Å². The Balaban J connectivity index is 1.16. The second kappa shape index (κ2) is 8.26. The summed E-state index contributed by atoms with van der Waals surface area (Å²) in [5, 5.41) is 1.33. The van der Waals surface area contributed by atoms with Gasteiger partial charge in [-0.3, -0.25) is 19.5 Å². The van der Waals surface area contributed by atoms with E-state index in [0.29, 0.717) is 18.4 Å². The van der Waals surface area contributed by atoms with Gasteiger partial charge in [-0.05, 0) is 98.6 Å². The fourth-order valence-corrected chi connectivity index (χ4v) is 7.17. The monoisotopic (exact) mass is 511 g/mol. The van der Waals surface area contributed by atoms with E-state index >= 15 is 0 Å². The number of fused-ring (bicyclic) bond motifs is 1. The van der Waals surface area contributed by atoms with Crippen molar-refractivity contribution in [1.82, 2.24) is 9.80 Å². The molecule has 3 aromatic rings. The van der Waals surface area contributed by atoms with Crippen LogP contribution in [0.3, 0.4) is 0 Å². The average Bonchev–Trinajstić information content (AvgIpc) is 3.80. The zero-order valence-electron chi connectivity index (χ0n) is 21.8. The smallest absolute Gasteiger partial charge is 0.256 e. The Kier molecular flexibility index (Phi) is 5.17. The number of benzene rings is 2. The summed E-state index contributed by atoms with van der Waals surface area (Å²) < 4.78 is 1.33. The minimum absolute atomic E-state index is 0.159. The molecule has 0 unspecified atom stereocenters. The zero-order chi connectivity index (χ0) is 25.5. The van der Waals surface area contributed by atoms with Gasteiger partial charge in [-0.25, -0.2) is 0 Å². The quantitative estimate of drug-likeness (QED) is 0.430. The molecule has 37 heavy (non-hydrogen) atoms. The van der Waals surface area contributed by atoms with E-state index in [4.69, 9.17) is 4.99 Å². The first-order valence-corrected chi connectivity index (χ1v) is 14.5. The molecule has 2 aliphatic heterocycles. The molecule has 0 N–H and O–H groups in total. The molecule has 0 bridgehead atoms. The van der Waals surface area contributed by atoms with Crippen LogP contribution in [-0.4, -0.2) is 52.6 Å². The molecule has 4 aliphatic rings. The third kappa shape index (κ3) is 3.83. The van der Waals surface area contributed by atoms with E-state index in [1.54, 1.807) is 0 Å². The fourth-order valence-electron chi connectivity index (χ4n) is 6.12. The summed E-state index contributed by atoms with van der Waals surface area (Å²) in [5.41, 5.74) is 5.43. The van der Waals surface area contributed by atoms with Crippen molar-refractivity contribution in [3.05, 3.63) is 58.0 Å². The van der Waals surface area contributed by atoms with Crippen LogP contribution in [0.4, 0.5) is 0 Å². The highest BCUT2D eigenvalue weighted by Crippen LogP contribution is 2.47. The molecule has 190 valence electrons. The van der Waals surface area contributed by atoms with Gasteiger partial charge in [0.2, 0.25) is 5.91 Å². The molecule has 1 atom stereocenters. The maximum absolute atomic E-state index is 13.5. The molecule has 3 heterocycles.